The summed E-state index contributed by atoms with van der Waals surface area (Å²) in [5.74, 6) is 2.39. The zero-order valence-corrected chi connectivity index (χ0v) is 63.7. The normalized spacial score (nSPS) is 11.6. The number of nitrogens with one attached hydrogen (secondary N) is 1. The second-order valence-corrected chi connectivity index (χ2v) is 32.4. The highest BCUT2D eigenvalue weighted by atomic mass is 32.1. The molecule has 0 radical (unpaired) electrons. The molecule has 0 bridgehead atoms. The highest BCUT2D eigenvalue weighted by Gasteiger charge is 2.22. The molecule has 520 valence electrons. The van der Waals surface area contributed by atoms with Gasteiger partial charge in [0.1, 0.15) is 18.8 Å². The minimum Gasteiger partial charge on any atom is -0.481 e. The summed E-state index contributed by atoms with van der Waals surface area (Å²) < 4.78 is 22.8. The van der Waals surface area contributed by atoms with E-state index in [4.69, 9.17) is 14.6 Å². The second-order valence-electron chi connectivity index (χ2n) is 31.5. The van der Waals surface area contributed by atoms with E-state index in [9.17, 15) is 4.39 Å². The van der Waals surface area contributed by atoms with Crippen LogP contribution in [0.15, 0.2) is 159 Å². The Balaban J connectivity index is 0.000000536. The maximum Gasteiger partial charge on any atom is 0.308 e. The highest BCUT2D eigenvalue weighted by molar-refractivity contribution is 7.09. The molecular formula is C77H116FN13O3S. The van der Waals surface area contributed by atoms with Crippen molar-refractivity contribution in [3.8, 4) is 11.8 Å². The van der Waals surface area contributed by atoms with Gasteiger partial charge in [-0.05, 0) is 102 Å². The molecular weight excluding hydrogens is 1210 g/mol. The Bertz CT molecular complexity index is 3150. The van der Waals surface area contributed by atoms with Crippen molar-refractivity contribution in [3.05, 3.63) is 215 Å². The Labute approximate surface area is 575 Å². The maximum absolute atomic E-state index is 12.3. The van der Waals surface area contributed by atoms with Crippen molar-refractivity contribution in [2.24, 2.45) is 0 Å². The average molecular weight is 1320 g/mol. The minimum atomic E-state index is -0.669. The van der Waals surface area contributed by atoms with Crippen LogP contribution in [0.3, 0.4) is 0 Å². The number of aromatic nitrogens is 13. The van der Waals surface area contributed by atoms with Gasteiger partial charge in [-0.25, -0.2) is 39.9 Å². The number of aliphatic hydroxyl groups excluding tert-OH is 1. The van der Waals surface area contributed by atoms with Crippen LogP contribution in [-0.2, 0) is 48.7 Å². The molecule has 9 aromatic rings. The van der Waals surface area contributed by atoms with Crippen LogP contribution in [-0.4, -0.2) is 90.5 Å². The van der Waals surface area contributed by atoms with Crippen LogP contribution in [0, 0.1) is 6.08 Å². The van der Waals surface area contributed by atoms with Crippen molar-refractivity contribution < 1.29 is 19.0 Å². The minimum absolute atomic E-state index is 0.00625. The molecule has 0 saturated carbocycles. The highest BCUT2D eigenvalue weighted by Crippen LogP contribution is 2.31. The number of methoxy groups -OCH3 is 1. The number of halogens is 1. The van der Waals surface area contributed by atoms with Crippen molar-refractivity contribution in [1.29, 1.82) is 0 Å². The molecule has 0 fully saturated rings. The summed E-state index contributed by atoms with van der Waals surface area (Å²) in [5.41, 5.74) is 9.51. The van der Waals surface area contributed by atoms with Gasteiger partial charge in [-0.15, -0.1) is 11.3 Å². The second kappa shape index (κ2) is 39.3. The Kier molecular flexibility index (Phi) is 35.2. The van der Waals surface area contributed by atoms with Crippen LogP contribution < -0.4 is 9.47 Å². The van der Waals surface area contributed by atoms with Crippen LogP contribution in [0.5, 0.6) is 11.8 Å². The smallest absolute Gasteiger partial charge is 0.308 e. The number of aromatic amines is 1. The molecule has 0 aliphatic heterocycles. The number of ether oxygens (including phenoxy) is 2. The van der Waals surface area contributed by atoms with Gasteiger partial charge in [-0.2, -0.15) is 14.6 Å². The molecule has 0 saturated heterocycles. The summed E-state index contributed by atoms with van der Waals surface area (Å²) >= 11 is 1.72. The first-order chi connectivity index (χ1) is 43.7. The molecule has 9 heterocycles. The predicted octanol–water partition coefficient (Wildman–Crippen LogP) is 18.5. The topological polar surface area (TPSA) is 209 Å². The number of aliphatic hydroxyl groups is 1. The van der Waals surface area contributed by atoms with Crippen LogP contribution >= 0.6 is 11.3 Å². The maximum atomic E-state index is 12.3. The lowest BCUT2D eigenvalue weighted by molar-refractivity contribution is 0.194. The summed E-state index contributed by atoms with van der Waals surface area (Å²) in [6.45, 7) is 58.1. The van der Waals surface area contributed by atoms with Gasteiger partial charge in [-0.3, -0.25) is 9.97 Å². The number of hydrogen-bond acceptors (Lipinski definition) is 16. The average Bonchev–Trinajstić information content (AvgIpc) is 1.69. The molecule has 0 amide bonds. The van der Waals surface area contributed by atoms with Crippen molar-refractivity contribution in [2.75, 3.05) is 20.3 Å². The van der Waals surface area contributed by atoms with E-state index in [1.165, 1.54) is 39.7 Å². The van der Waals surface area contributed by atoms with E-state index in [-0.39, 0.29) is 55.3 Å². The Hall–Kier alpha value is -7.83. The van der Waals surface area contributed by atoms with E-state index < -0.39 is 6.08 Å². The van der Waals surface area contributed by atoms with Crippen molar-refractivity contribution in [2.45, 2.75) is 236 Å². The van der Waals surface area contributed by atoms with Gasteiger partial charge in [0.05, 0.1) is 24.9 Å². The van der Waals surface area contributed by atoms with Crippen LogP contribution in [0.1, 0.15) is 237 Å². The molecule has 0 aromatic carbocycles. The zero-order chi connectivity index (χ0) is 72.5. The first-order valence-electron chi connectivity index (χ1n) is 32.1. The Morgan fingerprint density at radius 1 is 0.400 bits per heavy atom. The number of nitrogens with zero attached hydrogens (tertiary/aromatic N) is 12. The summed E-state index contributed by atoms with van der Waals surface area (Å²) in [7, 11) is 1.65. The molecule has 9 rings (SSSR count). The van der Waals surface area contributed by atoms with Crippen molar-refractivity contribution in [3.63, 3.8) is 0 Å². The summed E-state index contributed by atoms with van der Waals surface area (Å²) in [5, 5.41) is 19.4. The fourth-order valence-electron chi connectivity index (χ4n) is 7.39. The Morgan fingerprint density at radius 2 is 0.863 bits per heavy atom. The van der Waals surface area contributed by atoms with E-state index >= 15 is 0 Å². The fraction of sp³-hybridized carbons (Fsp3) is 0.506. The van der Waals surface area contributed by atoms with E-state index in [0.717, 1.165) is 28.4 Å². The number of thiazole rings is 1. The Morgan fingerprint density at radius 3 is 1.18 bits per heavy atom. The predicted molar refractivity (Wildman–Crippen MR) is 391 cm³/mol. The van der Waals surface area contributed by atoms with Crippen molar-refractivity contribution in [1.82, 2.24) is 65.0 Å². The number of H-pyrrole nitrogens is 1. The van der Waals surface area contributed by atoms with E-state index in [1.807, 2.05) is 106 Å². The molecule has 0 unspecified atom stereocenters. The first-order valence-corrected chi connectivity index (χ1v) is 33.0. The molecule has 95 heavy (non-hydrogen) atoms. The number of rotatable bonds is 4. The van der Waals surface area contributed by atoms with Gasteiger partial charge in [0.15, 0.2) is 0 Å². The third-order valence-electron chi connectivity index (χ3n) is 13.4. The summed E-state index contributed by atoms with van der Waals surface area (Å²) in [6, 6.07) is 18.1. The van der Waals surface area contributed by atoms with Crippen LogP contribution in [0.2, 0.25) is 0 Å². The molecule has 0 aliphatic rings. The monoisotopic (exact) mass is 1320 g/mol. The van der Waals surface area contributed by atoms with Gasteiger partial charge in [0.2, 0.25) is 11.8 Å². The molecule has 0 atom stereocenters. The lowest BCUT2D eigenvalue weighted by Gasteiger charge is -2.21. The van der Waals surface area contributed by atoms with Crippen LogP contribution in [0.25, 0.3) is 0 Å². The lowest BCUT2D eigenvalue weighted by Crippen LogP contribution is -2.15. The quantitative estimate of drug-likeness (QED) is 0.157. The molecule has 0 aliphatic carbocycles. The van der Waals surface area contributed by atoms with Gasteiger partial charge in [0, 0.05) is 114 Å². The van der Waals surface area contributed by atoms with Gasteiger partial charge >= 0.3 is 6.08 Å². The SMILES string of the molecule is CC(C)(C)c1cccnc1.CC(C)(C)c1cccnc1OCCO.CC(C)(C)c1ccncc1.CC(C)(C)c1ccnnc1.CC(C)(C)c1cnc(F)nc1.CC(C)(C)c1cncnc1.CC(C)(C)c1ncc[nH]1.CC(C)(C)c1nccs1.COc1ncccc1C(C)(C)C. The molecule has 9 aromatic heterocycles. The lowest BCUT2D eigenvalue weighted by atomic mass is 9.88. The van der Waals surface area contributed by atoms with Gasteiger partial charge < -0.3 is 19.6 Å². The van der Waals surface area contributed by atoms with E-state index in [0.29, 0.717) is 12.5 Å². The van der Waals surface area contributed by atoms with E-state index in [2.05, 4.69) is 249 Å². The molecule has 16 nitrogen and oxygen atoms in total. The summed E-state index contributed by atoms with van der Waals surface area (Å²) in [6.07, 6.45) is 27.5. The number of pyridine rings is 4. The zero-order valence-electron chi connectivity index (χ0n) is 62.8. The third-order valence-corrected chi connectivity index (χ3v) is 14.6. The summed E-state index contributed by atoms with van der Waals surface area (Å²) in [4.78, 5) is 42.5. The van der Waals surface area contributed by atoms with Crippen LogP contribution in [0.4, 0.5) is 4.39 Å². The molecule has 0 spiro atoms. The first kappa shape index (κ1) is 85.2. The van der Waals surface area contributed by atoms with Gasteiger partial charge in [0.25, 0.3) is 0 Å². The standard InChI is InChI=1S/C11H17NO2.C10H15NO.2C9H13N.C8H11FN2.2C8H12N2.C7H12N2.C7H11NS/c1-11(2,3)9-5-4-6-12-10(9)14-8-7-13;1-10(2,3)8-6-5-7-11-9(8)12-4;1-9(2,3)8-4-6-10-7-5-8;1-9(2,3)8-5-4-6-10-7-8;1-8(2,3)6-4-10-7(9)11-5-6;1-8(2,3)7-4-9-6-10-5-7;1-8(2,3)7-4-5-9-10-6-7;2*1-7(2,3)6-8-4-5-9-6/h4-6,13H,7-8H2,1-3H3;5-7H,1-4H3;2*4-7H,1-3H3;4-5H,1-3H3;2*4-6H,1-3H3;4-5H,1-3H3,(H,8,9);4-5H,1-3H3. The largest absolute Gasteiger partial charge is 0.481 e. The third kappa shape index (κ3) is 36.0. The fourth-order valence-corrected chi connectivity index (χ4v) is 8.12. The molecule has 18 heteroatoms. The number of hydrogen-bond donors (Lipinski definition) is 2. The van der Waals surface area contributed by atoms with Gasteiger partial charge in [-0.1, -0.05) is 205 Å². The van der Waals surface area contributed by atoms with Crippen molar-refractivity contribution >= 4 is 11.3 Å². The molecule has 2 N–H and O–H groups in total. The van der Waals surface area contributed by atoms with E-state index in [1.54, 1.807) is 62.0 Å². The number of imidazole rings is 1.